The number of nitrogens with two attached hydrogens (primary N) is 1. The molecule has 2 aliphatic carbocycles. The van der Waals surface area contributed by atoms with Crippen molar-refractivity contribution in [3.63, 3.8) is 0 Å². The first-order chi connectivity index (χ1) is 6.62. The number of aliphatic carboxylic acids is 1. The van der Waals surface area contributed by atoms with E-state index in [4.69, 9.17) is 10.8 Å². The molecule has 80 valence electrons. The molecule has 2 fully saturated rings. The van der Waals surface area contributed by atoms with Crippen LogP contribution in [0.1, 0.15) is 44.9 Å². The molecule has 0 radical (unpaired) electrons. The fourth-order valence-corrected chi connectivity index (χ4v) is 3.14. The number of carbonyl (C=O) groups is 1. The molecule has 0 aromatic carbocycles. The maximum atomic E-state index is 11.0. The average Bonchev–Trinajstić information content (AvgIpc) is 2.17. The van der Waals surface area contributed by atoms with E-state index in [9.17, 15) is 4.79 Å². The summed E-state index contributed by atoms with van der Waals surface area (Å²) >= 11 is 0. The van der Waals surface area contributed by atoms with E-state index in [0.29, 0.717) is 18.8 Å². The van der Waals surface area contributed by atoms with E-state index < -0.39 is 11.5 Å². The Morgan fingerprint density at radius 3 is 2.50 bits per heavy atom. The number of hydrogen-bond donors (Lipinski definition) is 2. The summed E-state index contributed by atoms with van der Waals surface area (Å²) < 4.78 is 0. The summed E-state index contributed by atoms with van der Waals surface area (Å²) in [7, 11) is 0. The molecule has 2 aliphatic rings. The largest absolute Gasteiger partial charge is 0.480 e. The van der Waals surface area contributed by atoms with E-state index in [1.807, 2.05) is 0 Å². The normalized spacial score (nSPS) is 42.9. The van der Waals surface area contributed by atoms with Gasteiger partial charge < -0.3 is 10.8 Å². The third-order valence-electron chi connectivity index (χ3n) is 4.08. The maximum Gasteiger partial charge on any atom is 0.323 e. The van der Waals surface area contributed by atoms with Gasteiger partial charge in [0, 0.05) is 0 Å². The summed E-state index contributed by atoms with van der Waals surface area (Å²) in [5.41, 5.74) is 4.99. The Morgan fingerprint density at radius 1 is 1.21 bits per heavy atom. The van der Waals surface area contributed by atoms with Gasteiger partial charge in [-0.15, -0.1) is 0 Å². The topological polar surface area (TPSA) is 63.3 Å². The number of rotatable bonds is 1. The van der Waals surface area contributed by atoms with Crippen LogP contribution in [0.2, 0.25) is 0 Å². The zero-order valence-corrected chi connectivity index (χ0v) is 8.54. The predicted octanol–water partition coefficient (Wildman–Crippen LogP) is 1.76. The quantitative estimate of drug-likeness (QED) is 0.673. The van der Waals surface area contributed by atoms with E-state index >= 15 is 0 Å². The van der Waals surface area contributed by atoms with Crippen LogP contribution in [-0.2, 0) is 4.79 Å². The van der Waals surface area contributed by atoms with Crippen LogP contribution in [0.5, 0.6) is 0 Å². The van der Waals surface area contributed by atoms with Crippen LogP contribution in [0.4, 0.5) is 0 Å². The van der Waals surface area contributed by atoms with E-state index in [1.54, 1.807) is 0 Å². The molecule has 0 aromatic rings. The van der Waals surface area contributed by atoms with Gasteiger partial charge in [0.2, 0.25) is 0 Å². The molecule has 3 heteroatoms. The molecule has 0 aromatic heterocycles. The molecule has 3 N–H and O–H groups in total. The number of fused-ring (bicyclic) bond motifs is 1. The van der Waals surface area contributed by atoms with Gasteiger partial charge in [-0.2, -0.15) is 0 Å². The molecular formula is C11H19NO2. The maximum absolute atomic E-state index is 11.0. The third-order valence-corrected chi connectivity index (χ3v) is 4.08. The second kappa shape index (κ2) is 3.54. The van der Waals surface area contributed by atoms with Crippen molar-refractivity contribution in [2.45, 2.75) is 50.5 Å². The monoisotopic (exact) mass is 197 g/mol. The van der Waals surface area contributed by atoms with Crippen LogP contribution >= 0.6 is 0 Å². The SMILES string of the molecule is N[C@@]1(C(=O)O)CC[C@H]2CCCC[C@@H]2C1. The summed E-state index contributed by atoms with van der Waals surface area (Å²) in [4.78, 5) is 11.0. The van der Waals surface area contributed by atoms with Crippen LogP contribution in [0.3, 0.4) is 0 Å². The van der Waals surface area contributed by atoms with Crippen LogP contribution in [0, 0.1) is 11.8 Å². The summed E-state index contributed by atoms with van der Waals surface area (Å²) in [5.74, 6) is 0.542. The summed E-state index contributed by atoms with van der Waals surface area (Å²) in [5, 5.41) is 9.06. The lowest BCUT2D eigenvalue weighted by Gasteiger charge is -2.42. The second-order valence-corrected chi connectivity index (χ2v) is 5.01. The molecule has 0 spiro atoms. The zero-order chi connectivity index (χ0) is 10.2. The lowest BCUT2D eigenvalue weighted by Crippen LogP contribution is -2.53. The molecule has 3 nitrogen and oxygen atoms in total. The lowest BCUT2D eigenvalue weighted by atomic mass is 9.65. The van der Waals surface area contributed by atoms with Crippen molar-refractivity contribution < 1.29 is 9.90 Å². The van der Waals surface area contributed by atoms with Crippen molar-refractivity contribution in [1.29, 1.82) is 0 Å². The van der Waals surface area contributed by atoms with Gasteiger partial charge in [0.15, 0.2) is 0 Å². The van der Waals surface area contributed by atoms with Gasteiger partial charge in [0.25, 0.3) is 0 Å². The van der Waals surface area contributed by atoms with Gasteiger partial charge in [-0.1, -0.05) is 25.7 Å². The summed E-state index contributed by atoms with van der Waals surface area (Å²) in [6.07, 6.45) is 7.46. The van der Waals surface area contributed by atoms with Crippen molar-refractivity contribution in [3.8, 4) is 0 Å². The zero-order valence-electron chi connectivity index (χ0n) is 8.54. The Labute approximate surface area is 84.7 Å². The Balaban J connectivity index is 2.05. The molecule has 3 atom stereocenters. The molecule has 0 saturated heterocycles. The van der Waals surface area contributed by atoms with Crippen LogP contribution < -0.4 is 5.73 Å². The Bertz CT molecular complexity index is 241. The van der Waals surface area contributed by atoms with Crippen LogP contribution in [-0.4, -0.2) is 16.6 Å². The first-order valence-electron chi connectivity index (χ1n) is 5.64. The molecule has 2 rings (SSSR count). The average molecular weight is 197 g/mol. The van der Waals surface area contributed by atoms with E-state index in [1.165, 1.54) is 25.7 Å². The highest BCUT2D eigenvalue weighted by molar-refractivity contribution is 5.78. The minimum atomic E-state index is -0.918. The molecule has 0 unspecified atom stereocenters. The number of hydrogen-bond acceptors (Lipinski definition) is 2. The van der Waals surface area contributed by atoms with Gasteiger partial charge in [-0.3, -0.25) is 4.79 Å². The first-order valence-corrected chi connectivity index (χ1v) is 5.64. The van der Waals surface area contributed by atoms with Gasteiger partial charge in [0.1, 0.15) is 5.54 Å². The molecule has 0 amide bonds. The predicted molar refractivity (Wildman–Crippen MR) is 53.9 cm³/mol. The van der Waals surface area contributed by atoms with E-state index in [-0.39, 0.29) is 0 Å². The molecule has 2 saturated carbocycles. The molecular weight excluding hydrogens is 178 g/mol. The van der Waals surface area contributed by atoms with Crippen molar-refractivity contribution in [1.82, 2.24) is 0 Å². The Morgan fingerprint density at radius 2 is 1.86 bits per heavy atom. The molecule has 0 bridgehead atoms. The Kier molecular flexibility index (Phi) is 2.52. The van der Waals surface area contributed by atoms with Crippen molar-refractivity contribution in [2.24, 2.45) is 17.6 Å². The molecule has 14 heavy (non-hydrogen) atoms. The Hall–Kier alpha value is -0.570. The highest BCUT2D eigenvalue weighted by Gasteiger charge is 2.43. The van der Waals surface area contributed by atoms with Gasteiger partial charge in [-0.05, 0) is 31.1 Å². The fraction of sp³-hybridized carbons (Fsp3) is 0.909. The summed E-state index contributed by atoms with van der Waals surface area (Å²) in [6, 6.07) is 0. The fourth-order valence-electron chi connectivity index (χ4n) is 3.14. The van der Waals surface area contributed by atoms with E-state index in [2.05, 4.69) is 0 Å². The van der Waals surface area contributed by atoms with Crippen LogP contribution in [0.25, 0.3) is 0 Å². The highest BCUT2D eigenvalue weighted by Crippen LogP contribution is 2.43. The molecule has 0 heterocycles. The van der Waals surface area contributed by atoms with Gasteiger partial charge in [-0.25, -0.2) is 0 Å². The highest BCUT2D eigenvalue weighted by atomic mass is 16.4. The van der Waals surface area contributed by atoms with Crippen molar-refractivity contribution in [2.75, 3.05) is 0 Å². The van der Waals surface area contributed by atoms with Crippen molar-refractivity contribution >= 4 is 5.97 Å². The van der Waals surface area contributed by atoms with E-state index in [0.717, 1.165) is 12.3 Å². The minimum Gasteiger partial charge on any atom is -0.480 e. The van der Waals surface area contributed by atoms with Crippen LogP contribution in [0.15, 0.2) is 0 Å². The minimum absolute atomic E-state index is 0.582. The van der Waals surface area contributed by atoms with Gasteiger partial charge in [0.05, 0.1) is 0 Å². The standard InChI is InChI=1S/C11H19NO2/c12-11(10(13)14)6-5-8-3-1-2-4-9(8)7-11/h8-9H,1-7,12H2,(H,13,14)/t8-,9-,11+/m1/s1. The first kappa shape index (κ1) is 9.97. The van der Waals surface area contributed by atoms with Gasteiger partial charge >= 0.3 is 5.97 Å². The second-order valence-electron chi connectivity index (χ2n) is 5.01. The van der Waals surface area contributed by atoms with Crippen molar-refractivity contribution in [3.05, 3.63) is 0 Å². The molecule has 0 aliphatic heterocycles. The number of carboxylic acid groups (broad SMARTS) is 1. The lowest BCUT2D eigenvalue weighted by molar-refractivity contribution is -0.146. The number of carboxylic acids is 1. The smallest absolute Gasteiger partial charge is 0.323 e. The third kappa shape index (κ3) is 1.65. The summed E-state index contributed by atoms with van der Waals surface area (Å²) in [6.45, 7) is 0.